The van der Waals surface area contributed by atoms with Crippen LogP contribution in [0.4, 0.5) is 0 Å². The highest BCUT2D eigenvalue weighted by Gasteiger charge is 2.36. The zero-order valence-corrected chi connectivity index (χ0v) is 26.0. The highest BCUT2D eigenvalue weighted by molar-refractivity contribution is 6.11. The van der Waals surface area contributed by atoms with Gasteiger partial charge in [0.1, 0.15) is 0 Å². The summed E-state index contributed by atoms with van der Waals surface area (Å²) in [6.45, 7) is 4.66. The van der Waals surface area contributed by atoms with Gasteiger partial charge in [-0.05, 0) is 87.7 Å². The number of benzene rings is 5. The van der Waals surface area contributed by atoms with Crippen LogP contribution in [-0.2, 0) is 5.41 Å². The lowest BCUT2D eigenvalue weighted by Gasteiger charge is -2.21. The molecule has 3 heteroatoms. The third-order valence-corrected chi connectivity index (χ3v) is 9.98. The molecule has 0 saturated carbocycles. The van der Waals surface area contributed by atoms with Gasteiger partial charge in [0.05, 0.1) is 16.7 Å². The van der Waals surface area contributed by atoms with Crippen molar-refractivity contribution in [2.45, 2.75) is 32.1 Å². The molecule has 0 aliphatic heterocycles. The van der Waals surface area contributed by atoms with Crippen LogP contribution in [0.3, 0.4) is 0 Å². The van der Waals surface area contributed by atoms with E-state index in [9.17, 15) is 0 Å². The predicted octanol–water partition coefficient (Wildman–Crippen LogP) is 10.9. The molecule has 0 fully saturated rings. The normalized spacial score (nSPS) is 14.8. The summed E-state index contributed by atoms with van der Waals surface area (Å²) < 4.78 is 2.24. The first kappa shape index (κ1) is 26.8. The lowest BCUT2D eigenvalue weighted by atomic mass is 9.82. The van der Waals surface area contributed by atoms with Crippen molar-refractivity contribution in [2.24, 2.45) is 0 Å². The Morgan fingerprint density at radius 2 is 1.43 bits per heavy atom. The molecule has 9 rings (SSSR count). The van der Waals surface area contributed by atoms with Crippen LogP contribution in [0.1, 0.15) is 43.4 Å². The number of fused-ring (bicyclic) bond motifs is 6. The molecule has 2 heterocycles. The second kappa shape index (κ2) is 10.3. The number of para-hydroxylation sites is 1. The minimum atomic E-state index is -0.0901. The van der Waals surface area contributed by atoms with E-state index in [2.05, 4.69) is 146 Å². The van der Waals surface area contributed by atoms with Crippen LogP contribution in [0.15, 0.2) is 140 Å². The maximum atomic E-state index is 5.20. The Kier molecular flexibility index (Phi) is 5.98. The molecule has 2 aromatic heterocycles. The van der Waals surface area contributed by atoms with Crippen molar-refractivity contribution in [3.8, 4) is 39.5 Å². The second-order valence-electron chi connectivity index (χ2n) is 13.0. The van der Waals surface area contributed by atoms with Crippen molar-refractivity contribution >= 4 is 27.4 Å². The summed E-state index contributed by atoms with van der Waals surface area (Å²) in [7, 11) is 0. The van der Waals surface area contributed by atoms with Crippen molar-refractivity contribution in [2.75, 3.05) is 0 Å². The maximum absolute atomic E-state index is 5.20. The van der Waals surface area contributed by atoms with Gasteiger partial charge in [0.2, 0.25) is 5.95 Å². The fraction of sp³-hybridized carbons (Fsp3) is 0.116. The molecule has 0 atom stereocenters. The van der Waals surface area contributed by atoms with Gasteiger partial charge < -0.3 is 0 Å². The van der Waals surface area contributed by atoms with Crippen LogP contribution in [0.5, 0.6) is 0 Å². The fourth-order valence-corrected chi connectivity index (χ4v) is 7.57. The molecular formula is C43H33N3. The van der Waals surface area contributed by atoms with E-state index in [0.29, 0.717) is 5.95 Å². The average molecular weight is 592 g/mol. The van der Waals surface area contributed by atoms with E-state index in [-0.39, 0.29) is 5.41 Å². The SMILES string of the molecule is CC1(C)c2ccccc2-c2cc3c4ccccc4n(-c4nccc(-c5cccc(-c6ccc(C7=CC=CCC7)cc6)c5)n4)c3cc21. The lowest BCUT2D eigenvalue weighted by Crippen LogP contribution is -2.15. The average Bonchev–Trinajstić information content (AvgIpc) is 3.56. The Labute approximate surface area is 269 Å². The van der Waals surface area contributed by atoms with E-state index in [1.807, 2.05) is 12.3 Å². The van der Waals surface area contributed by atoms with Crippen LogP contribution in [0, 0.1) is 0 Å². The van der Waals surface area contributed by atoms with E-state index in [1.54, 1.807) is 0 Å². The van der Waals surface area contributed by atoms with E-state index < -0.39 is 0 Å². The largest absolute Gasteiger partial charge is 0.278 e. The van der Waals surface area contributed by atoms with Crippen LogP contribution in [0.2, 0.25) is 0 Å². The molecule has 0 bridgehead atoms. The monoisotopic (exact) mass is 591 g/mol. The molecule has 5 aromatic carbocycles. The molecule has 2 aliphatic rings. The van der Waals surface area contributed by atoms with Crippen LogP contribution >= 0.6 is 0 Å². The van der Waals surface area contributed by atoms with Gasteiger partial charge in [0, 0.05) is 27.9 Å². The molecule has 0 amide bonds. The molecule has 0 unspecified atom stereocenters. The minimum Gasteiger partial charge on any atom is -0.278 e. The molecule has 46 heavy (non-hydrogen) atoms. The van der Waals surface area contributed by atoms with Gasteiger partial charge in [-0.1, -0.05) is 117 Å². The van der Waals surface area contributed by atoms with Crippen molar-refractivity contribution < 1.29 is 0 Å². The van der Waals surface area contributed by atoms with Gasteiger partial charge in [-0.25, -0.2) is 9.97 Å². The molecule has 0 spiro atoms. The second-order valence-corrected chi connectivity index (χ2v) is 13.0. The molecule has 0 saturated heterocycles. The van der Waals surface area contributed by atoms with Gasteiger partial charge >= 0.3 is 0 Å². The smallest absolute Gasteiger partial charge is 0.235 e. The zero-order valence-electron chi connectivity index (χ0n) is 26.0. The first-order chi connectivity index (χ1) is 22.6. The molecule has 220 valence electrons. The molecule has 3 nitrogen and oxygen atoms in total. The Morgan fingerprint density at radius 1 is 0.630 bits per heavy atom. The number of nitrogens with zero attached hydrogens (tertiary/aromatic N) is 3. The van der Waals surface area contributed by atoms with Crippen LogP contribution in [0.25, 0.3) is 66.8 Å². The Bertz CT molecular complexity index is 2380. The Hall–Kier alpha value is -5.54. The van der Waals surface area contributed by atoms with Gasteiger partial charge in [-0.2, -0.15) is 0 Å². The molecule has 0 N–H and O–H groups in total. The van der Waals surface area contributed by atoms with Gasteiger partial charge in [0.25, 0.3) is 0 Å². The summed E-state index contributed by atoms with van der Waals surface area (Å²) in [5.41, 5.74) is 14.6. The van der Waals surface area contributed by atoms with E-state index >= 15 is 0 Å². The number of hydrogen-bond acceptors (Lipinski definition) is 2. The number of allylic oxidation sites excluding steroid dienone is 4. The highest BCUT2D eigenvalue weighted by atomic mass is 15.2. The maximum Gasteiger partial charge on any atom is 0.235 e. The summed E-state index contributed by atoms with van der Waals surface area (Å²) in [5.74, 6) is 0.682. The molecule has 7 aromatic rings. The lowest BCUT2D eigenvalue weighted by molar-refractivity contribution is 0.661. The summed E-state index contributed by atoms with van der Waals surface area (Å²) >= 11 is 0. The summed E-state index contributed by atoms with van der Waals surface area (Å²) in [6, 6.07) is 41.9. The first-order valence-electron chi connectivity index (χ1n) is 16.1. The first-order valence-corrected chi connectivity index (χ1v) is 16.1. The zero-order chi connectivity index (χ0) is 30.8. The summed E-state index contributed by atoms with van der Waals surface area (Å²) in [5, 5.41) is 2.43. The Morgan fingerprint density at radius 3 is 2.30 bits per heavy atom. The molecular weight excluding hydrogens is 558 g/mol. The summed E-state index contributed by atoms with van der Waals surface area (Å²) in [6.07, 6.45) is 10.7. The number of aromatic nitrogens is 3. The predicted molar refractivity (Wildman–Crippen MR) is 191 cm³/mol. The molecule has 0 radical (unpaired) electrons. The minimum absolute atomic E-state index is 0.0901. The van der Waals surface area contributed by atoms with Crippen molar-refractivity contribution in [1.82, 2.24) is 14.5 Å². The van der Waals surface area contributed by atoms with Gasteiger partial charge in [0.15, 0.2) is 0 Å². The van der Waals surface area contributed by atoms with Crippen LogP contribution in [-0.4, -0.2) is 14.5 Å². The molecule has 2 aliphatic carbocycles. The van der Waals surface area contributed by atoms with Crippen LogP contribution < -0.4 is 0 Å². The van der Waals surface area contributed by atoms with E-state index in [1.165, 1.54) is 55.3 Å². The third-order valence-electron chi connectivity index (χ3n) is 9.98. The highest BCUT2D eigenvalue weighted by Crippen LogP contribution is 2.50. The number of rotatable bonds is 4. The Balaban J connectivity index is 1.15. The van der Waals surface area contributed by atoms with E-state index in [4.69, 9.17) is 9.97 Å². The van der Waals surface area contributed by atoms with Crippen molar-refractivity contribution in [3.63, 3.8) is 0 Å². The number of hydrogen-bond donors (Lipinski definition) is 0. The topological polar surface area (TPSA) is 30.7 Å². The summed E-state index contributed by atoms with van der Waals surface area (Å²) in [4.78, 5) is 10.1. The van der Waals surface area contributed by atoms with Gasteiger partial charge in [-0.3, -0.25) is 4.57 Å². The van der Waals surface area contributed by atoms with Gasteiger partial charge in [-0.15, -0.1) is 0 Å². The van der Waals surface area contributed by atoms with Crippen molar-refractivity contribution in [1.29, 1.82) is 0 Å². The third kappa shape index (κ3) is 4.12. The quantitative estimate of drug-likeness (QED) is 0.204. The standard InChI is InChI=1S/C43H33N3/c1-43(2)37-17-8-6-15-33(37)35-26-36-34-16-7-9-18-40(34)46(41(36)27-38(35)43)42-44-24-23-39(45-42)32-14-10-13-31(25-32)30-21-19-29(20-22-30)28-11-4-3-5-12-28/h3-4,6-11,13-27H,5,12H2,1-2H3. The van der Waals surface area contributed by atoms with Crippen molar-refractivity contribution in [3.05, 3.63) is 156 Å². The van der Waals surface area contributed by atoms with E-state index in [0.717, 1.165) is 35.1 Å². The fourth-order valence-electron chi connectivity index (χ4n) is 7.57.